The Labute approximate surface area is 235 Å². The molecule has 4 heterocycles. The number of fused-ring (bicyclic) bond motifs is 5. The SMILES string of the molecule is CCOC(=O)c1ccc(N2C(=O)[C@@H]3[C@H](Cc4c[nH]c5ccccc45)N[C@]4(C(=O)Nc5c(C)cccc54)[C@@H]3C2=O)cc1. The second kappa shape index (κ2) is 9.14. The van der Waals surface area contributed by atoms with Crippen LogP contribution in [0.3, 0.4) is 0 Å². The van der Waals surface area contributed by atoms with Gasteiger partial charge in [0.2, 0.25) is 17.7 Å². The molecule has 1 spiro atoms. The number of H-pyrrole nitrogens is 1. The molecule has 4 aromatic rings. The third-order valence-corrected chi connectivity index (χ3v) is 8.71. The van der Waals surface area contributed by atoms with Gasteiger partial charge in [-0.15, -0.1) is 0 Å². The Morgan fingerprint density at radius 2 is 1.76 bits per heavy atom. The van der Waals surface area contributed by atoms with Crippen molar-refractivity contribution in [3.8, 4) is 0 Å². The van der Waals surface area contributed by atoms with Crippen LogP contribution >= 0.6 is 0 Å². The van der Waals surface area contributed by atoms with Gasteiger partial charge in [-0.25, -0.2) is 9.69 Å². The number of hydrogen-bond donors (Lipinski definition) is 3. The fourth-order valence-corrected chi connectivity index (χ4v) is 6.90. The molecule has 0 unspecified atom stereocenters. The highest BCUT2D eigenvalue weighted by Crippen LogP contribution is 2.54. The van der Waals surface area contributed by atoms with E-state index < -0.39 is 35.3 Å². The summed E-state index contributed by atoms with van der Waals surface area (Å²) in [5.74, 6) is -3.35. The van der Waals surface area contributed by atoms with E-state index in [1.54, 1.807) is 31.2 Å². The van der Waals surface area contributed by atoms with Crippen LogP contribution in [0.15, 0.2) is 72.9 Å². The number of aromatic nitrogens is 1. The molecule has 3 aliphatic heterocycles. The Hall–Kier alpha value is -4.76. The molecule has 1 aromatic heterocycles. The van der Waals surface area contributed by atoms with E-state index in [0.29, 0.717) is 28.9 Å². The van der Waals surface area contributed by atoms with E-state index in [2.05, 4.69) is 15.6 Å². The summed E-state index contributed by atoms with van der Waals surface area (Å²) in [6.45, 7) is 3.87. The number of imide groups is 1. The average Bonchev–Trinajstić information content (AvgIpc) is 3.68. The molecule has 2 fully saturated rings. The maximum absolute atomic E-state index is 14.3. The van der Waals surface area contributed by atoms with Crippen LogP contribution in [0.25, 0.3) is 10.9 Å². The standard InChI is InChI=1S/C32H28N4O5/c1-3-41-30(39)18-11-13-20(14-12-18)36-28(37)25-24(15-19-16-33-23-10-5-4-8-21(19)23)35-32(26(25)29(36)38)22-9-6-7-17(2)27(22)34-31(32)40/h4-14,16,24-26,33,35H,3,15H2,1-2H3,(H,34,40)/t24-,25+,26-,32-/m0/s1. The minimum atomic E-state index is -1.39. The zero-order valence-corrected chi connectivity index (χ0v) is 22.6. The number of nitrogens with one attached hydrogen (secondary N) is 3. The van der Waals surface area contributed by atoms with Gasteiger partial charge < -0.3 is 15.0 Å². The van der Waals surface area contributed by atoms with Gasteiger partial charge >= 0.3 is 5.97 Å². The molecule has 41 heavy (non-hydrogen) atoms. The maximum atomic E-state index is 14.3. The number of amides is 3. The predicted octanol–water partition coefficient (Wildman–Crippen LogP) is 3.82. The Bertz CT molecular complexity index is 1760. The number of nitrogens with zero attached hydrogens (tertiary/aromatic N) is 1. The summed E-state index contributed by atoms with van der Waals surface area (Å²) < 4.78 is 5.07. The van der Waals surface area contributed by atoms with E-state index in [1.165, 1.54) is 4.90 Å². The number of aryl methyl sites for hydroxylation is 1. The highest BCUT2D eigenvalue weighted by Gasteiger charge is 2.70. The second-order valence-corrected chi connectivity index (χ2v) is 10.9. The van der Waals surface area contributed by atoms with E-state index in [9.17, 15) is 19.2 Å². The Morgan fingerprint density at radius 3 is 2.54 bits per heavy atom. The second-order valence-electron chi connectivity index (χ2n) is 10.9. The monoisotopic (exact) mass is 548 g/mol. The summed E-state index contributed by atoms with van der Waals surface area (Å²) >= 11 is 0. The van der Waals surface area contributed by atoms with E-state index in [-0.39, 0.29) is 18.4 Å². The molecule has 206 valence electrons. The van der Waals surface area contributed by atoms with Gasteiger partial charge in [-0.1, -0.05) is 36.4 Å². The molecule has 3 amide bonds. The summed E-state index contributed by atoms with van der Waals surface area (Å²) in [4.78, 5) is 59.0. The molecule has 0 radical (unpaired) electrons. The van der Waals surface area contributed by atoms with Gasteiger partial charge in [0.25, 0.3) is 0 Å². The van der Waals surface area contributed by atoms with Gasteiger partial charge in [-0.3, -0.25) is 19.7 Å². The lowest BCUT2D eigenvalue weighted by Crippen LogP contribution is -2.53. The average molecular weight is 549 g/mol. The lowest BCUT2D eigenvalue weighted by Gasteiger charge is -2.29. The van der Waals surface area contributed by atoms with Crippen molar-refractivity contribution < 1.29 is 23.9 Å². The molecule has 0 saturated carbocycles. The van der Waals surface area contributed by atoms with Crippen molar-refractivity contribution >= 4 is 46.0 Å². The van der Waals surface area contributed by atoms with Gasteiger partial charge in [-0.2, -0.15) is 0 Å². The number of rotatable bonds is 5. The summed E-state index contributed by atoms with van der Waals surface area (Å²) in [5, 5.41) is 7.55. The number of benzene rings is 3. The van der Waals surface area contributed by atoms with Gasteiger partial charge in [0.05, 0.1) is 29.7 Å². The topological polar surface area (TPSA) is 121 Å². The normalized spacial score (nSPS) is 24.7. The third kappa shape index (κ3) is 3.52. The number of para-hydroxylation sites is 2. The number of aromatic amines is 1. The summed E-state index contributed by atoms with van der Waals surface area (Å²) in [6, 6.07) is 19.3. The van der Waals surface area contributed by atoms with Crippen LogP contribution in [0.1, 0.15) is 34.0 Å². The van der Waals surface area contributed by atoms with Crippen LogP contribution in [0.5, 0.6) is 0 Å². The number of carbonyl (C=O) groups is 4. The lowest BCUT2D eigenvalue weighted by atomic mass is 9.76. The summed E-state index contributed by atoms with van der Waals surface area (Å²) in [7, 11) is 0. The Balaban J connectivity index is 1.33. The quantitative estimate of drug-likeness (QED) is 0.258. The molecular formula is C32H28N4O5. The fraction of sp³-hybridized carbons (Fsp3) is 0.250. The smallest absolute Gasteiger partial charge is 0.338 e. The number of anilines is 2. The van der Waals surface area contributed by atoms with Gasteiger partial charge in [0.1, 0.15) is 5.54 Å². The van der Waals surface area contributed by atoms with Gasteiger partial charge in [0, 0.05) is 34.4 Å². The van der Waals surface area contributed by atoms with Crippen molar-refractivity contribution in [3.05, 3.63) is 95.2 Å². The first-order chi connectivity index (χ1) is 19.8. The number of ether oxygens (including phenoxy) is 1. The molecule has 2 saturated heterocycles. The molecule has 0 aliphatic carbocycles. The maximum Gasteiger partial charge on any atom is 0.338 e. The van der Waals surface area contributed by atoms with Crippen LogP contribution in [0.4, 0.5) is 11.4 Å². The lowest BCUT2D eigenvalue weighted by molar-refractivity contribution is -0.130. The van der Waals surface area contributed by atoms with Crippen molar-refractivity contribution in [1.82, 2.24) is 10.3 Å². The molecule has 3 aromatic carbocycles. The van der Waals surface area contributed by atoms with Gasteiger partial charge in [-0.05, 0) is 61.7 Å². The van der Waals surface area contributed by atoms with Crippen LogP contribution in [0.2, 0.25) is 0 Å². The van der Waals surface area contributed by atoms with Crippen LogP contribution in [0, 0.1) is 18.8 Å². The van der Waals surface area contributed by atoms with Crippen LogP contribution in [-0.2, 0) is 31.1 Å². The molecule has 4 atom stereocenters. The Kier molecular flexibility index (Phi) is 5.62. The molecule has 9 nitrogen and oxygen atoms in total. The summed E-state index contributed by atoms with van der Waals surface area (Å²) in [6.07, 6.45) is 2.36. The van der Waals surface area contributed by atoms with Crippen molar-refractivity contribution in [2.75, 3.05) is 16.8 Å². The van der Waals surface area contributed by atoms with E-state index in [1.807, 2.05) is 55.6 Å². The number of esters is 1. The minimum Gasteiger partial charge on any atom is -0.462 e. The molecule has 3 N–H and O–H groups in total. The van der Waals surface area contributed by atoms with E-state index >= 15 is 0 Å². The Morgan fingerprint density at radius 1 is 0.976 bits per heavy atom. The zero-order chi connectivity index (χ0) is 28.5. The number of carbonyl (C=O) groups excluding carboxylic acids is 4. The molecule has 7 rings (SSSR count). The zero-order valence-electron chi connectivity index (χ0n) is 22.6. The first-order valence-electron chi connectivity index (χ1n) is 13.7. The summed E-state index contributed by atoms with van der Waals surface area (Å²) in [5.41, 5.74) is 3.49. The highest BCUT2D eigenvalue weighted by molar-refractivity contribution is 6.26. The third-order valence-electron chi connectivity index (χ3n) is 8.71. The predicted molar refractivity (Wildman–Crippen MR) is 152 cm³/mol. The molecule has 3 aliphatic rings. The number of hydrogen-bond acceptors (Lipinski definition) is 6. The highest BCUT2D eigenvalue weighted by atomic mass is 16.5. The van der Waals surface area contributed by atoms with Crippen molar-refractivity contribution in [1.29, 1.82) is 0 Å². The minimum absolute atomic E-state index is 0.239. The van der Waals surface area contributed by atoms with E-state index in [0.717, 1.165) is 22.0 Å². The fourth-order valence-electron chi connectivity index (χ4n) is 6.90. The molecular weight excluding hydrogens is 520 g/mol. The van der Waals surface area contributed by atoms with Crippen molar-refractivity contribution in [3.63, 3.8) is 0 Å². The van der Waals surface area contributed by atoms with Crippen LogP contribution in [-0.4, -0.2) is 41.3 Å². The van der Waals surface area contributed by atoms with Crippen LogP contribution < -0.4 is 15.5 Å². The van der Waals surface area contributed by atoms with E-state index in [4.69, 9.17) is 4.74 Å². The van der Waals surface area contributed by atoms with Crippen molar-refractivity contribution in [2.45, 2.75) is 31.8 Å². The molecule has 0 bridgehead atoms. The largest absolute Gasteiger partial charge is 0.462 e. The first-order valence-corrected chi connectivity index (χ1v) is 13.7. The van der Waals surface area contributed by atoms with Gasteiger partial charge in [0.15, 0.2) is 0 Å². The molecule has 9 heteroatoms. The first kappa shape index (κ1) is 25.2. The van der Waals surface area contributed by atoms with Crippen molar-refractivity contribution in [2.24, 2.45) is 11.8 Å².